The highest BCUT2D eigenvalue weighted by atomic mass is 15.1. The topological polar surface area (TPSA) is 8.17 Å². The second-order valence-electron chi connectivity index (χ2n) is 18.1. The first-order valence-corrected chi connectivity index (χ1v) is 23.8. The molecule has 0 atom stereocenters. The van der Waals surface area contributed by atoms with E-state index in [4.69, 9.17) is 0 Å². The van der Waals surface area contributed by atoms with E-state index in [1.165, 1.54) is 94.3 Å². The summed E-state index contributed by atoms with van der Waals surface area (Å²) >= 11 is 0. The first kappa shape index (κ1) is 42.4. The third-order valence-electron chi connectivity index (χ3n) is 14.3. The van der Waals surface area contributed by atoms with Crippen LogP contribution in [0.3, 0.4) is 0 Å². The zero-order valence-corrected chi connectivity index (χ0v) is 38.5. The molecule has 1 aliphatic rings. The Morgan fingerprint density at radius 1 is 0.286 bits per heavy atom. The Kier molecular flexibility index (Phi) is 10.7. The van der Waals surface area contributed by atoms with Crippen LogP contribution in [0.15, 0.2) is 279 Å². The van der Waals surface area contributed by atoms with E-state index in [1.54, 1.807) is 0 Å². The van der Waals surface area contributed by atoms with Crippen LogP contribution in [-0.2, 0) is 5.41 Å². The van der Waals surface area contributed by atoms with E-state index in [0.29, 0.717) is 0 Å². The molecule has 327 valence electrons. The van der Waals surface area contributed by atoms with Gasteiger partial charge in [-0.1, -0.05) is 212 Å². The van der Waals surface area contributed by atoms with Crippen molar-refractivity contribution in [2.75, 3.05) is 4.90 Å². The van der Waals surface area contributed by atoms with Gasteiger partial charge in [-0.05, 0) is 133 Å². The summed E-state index contributed by atoms with van der Waals surface area (Å²) in [5.41, 5.74) is 21.1. The number of anilines is 3. The lowest BCUT2D eigenvalue weighted by Crippen LogP contribution is -2.28. The van der Waals surface area contributed by atoms with Gasteiger partial charge in [0.1, 0.15) is 0 Å². The molecule has 0 saturated heterocycles. The van der Waals surface area contributed by atoms with Crippen molar-refractivity contribution < 1.29 is 0 Å². The van der Waals surface area contributed by atoms with Crippen LogP contribution < -0.4 is 4.90 Å². The van der Waals surface area contributed by atoms with Crippen molar-refractivity contribution in [2.24, 2.45) is 0 Å². The number of rotatable bonds is 9. The largest absolute Gasteiger partial charge is 0.310 e. The Labute approximate surface area is 411 Å². The summed E-state index contributed by atoms with van der Waals surface area (Å²) in [5, 5.41) is 2.51. The molecule has 70 heavy (non-hydrogen) atoms. The van der Waals surface area contributed by atoms with Crippen molar-refractivity contribution in [3.05, 3.63) is 301 Å². The first-order chi connectivity index (χ1) is 34.2. The summed E-state index contributed by atoms with van der Waals surface area (Å²) < 4.78 is 2.37. The van der Waals surface area contributed by atoms with Crippen molar-refractivity contribution in [1.29, 1.82) is 0 Å². The van der Waals surface area contributed by atoms with E-state index >= 15 is 0 Å². The lowest BCUT2D eigenvalue weighted by atomic mass is 9.67. The van der Waals surface area contributed by atoms with Gasteiger partial charge in [-0.3, -0.25) is 0 Å². The third-order valence-corrected chi connectivity index (χ3v) is 14.3. The van der Waals surface area contributed by atoms with Crippen molar-refractivity contribution in [3.8, 4) is 50.2 Å². The predicted molar refractivity (Wildman–Crippen MR) is 295 cm³/mol. The van der Waals surface area contributed by atoms with Crippen LogP contribution in [0.5, 0.6) is 0 Å². The predicted octanol–water partition coefficient (Wildman–Crippen LogP) is 17.2. The van der Waals surface area contributed by atoms with E-state index in [1.807, 2.05) is 0 Å². The molecule has 0 N–H and O–H groups in total. The molecule has 0 bridgehead atoms. The van der Waals surface area contributed by atoms with Gasteiger partial charge in [0.2, 0.25) is 0 Å². The number of para-hydroxylation sites is 2. The Bertz CT molecular complexity index is 3750. The van der Waals surface area contributed by atoms with Gasteiger partial charge < -0.3 is 9.47 Å². The van der Waals surface area contributed by atoms with Crippen LogP contribution in [-0.4, -0.2) is 13.0 Å². The summed E-state index contributed by atoms with van der Waals surface area (Å²) in [5.74, 6) is 0. The van der Waals surface area contributed by atoms with Crippen molar-refractivity contribution in [3.63, 3.8) is 0 Å². The monoisotopic (exact) mass is 889 g/mol. The smallest absolute Gasteiger partial charge is 0.0714 e. The second-order valence-corrected chi connectivity index (χ2v) is 18.1. The molecule has 2 nitrogen and oxygen atoms in total. The van der Waals surface area contributed by atoms with Crippen LogP contribution in [0.1, 0.15) is 22.3 Å². The maximum absolute atomic E-state index is 2.45. The quantitative estimate of drug-likeness (QED) is 0.131. The van der Waals surface area contributed by atoms with Gasteiger partial charge in [0.15, 0.2) is 0 Å². The van der Waals surface area contributed by atoms with E-state index < -0.39 is 5.41 Å². The van der Waals surface area contributed by atoms with E-state index in [9.17, 15) is 0 Å². The number of benzene rings is 11. The molecule has 11 aromatic carbocycles. The average molecular weight is 890 g/mol. The Balaban J connectivity index is 0.00000505. The fraction of sp³-hybridized carbons (Fsp3) is 0.0149. The normalized spacial score (nSPS) is 12.3. The number of hydrogen-bond acceptors (Lipinski definition) is 1. The molecule has 0 aliphatic heterocycles. The minimum atomic E-state index is -0.504. The minimum Gasteiger partial charge on any atom is -0.310 e. The third kappa shape index (κ3) is 6.97. The molecule has 0 amide bonds. The average Bonchev–Trinajstić information content (AvgIpc) is 3.92. The maximum atomic E-state index is 2.45. The van der Waals surface area contributed by atoms with Crippen molar-refractivity contribution in [2.45, 2.75) is 5.41 Å². The molecule has 0 saturated carbocycles. The second kappa shape index (κ2) is 17.6. The standard InChI is InChI=1S/C67H46N2.B/c1-5-17-47(18-6-1)49-33-38-56(39-34-49)68(58-42-43-60-59-25-13-15-27-63(59)67(64(60)46-58,53-19-7-2-8-20-53)54-21-9-3-10-22-54)57-40-35-50(36-41-57)48-29-31-51(32-30-48)52-37-44-66-62(45-52)61-26-14-16-28-65(61)69(66)55-23-11-4-12-24-55;/h1-46H;. The highest BCUT2D eigenvalue weighted by Crippen LogP contribution is 2.57. The lowest BCUT2D eigenvalue weighted by Gasteiger charge is -2.35. The first-order valence-electron chi connectivity index (χ1n) is 23.8. The van der Waals surface area contributed by atoms with Gasteiger partial charge >= 0.3 is 0 Å². The fourth-order valence-electron chi connectivity index (χ4n) is 11.1. The van der Waals surface area contributed by atoms with Gasteiger partial charge in [0.05, 0.1) is 16.4 Å². The Hall–Kier alpha value is -8.92. The molecular weight excluding hydrogens is 844 g/mol. The molecule has 1 heterocycles. The molecule has 1 aliphatic carbocycles. The highest BCUT2D eigenvalue weighted by molar-refractivity contribution is 6.10. The molecular formula is C67H46BN2. The van der Waals surface area contributed by atoms with E-state index in [-0.39, 0.29) is 8.41 Å². The fourth-order valence-corrected chi connectivity index (χ4v) is 11.1. The van der Waals surface area contributed by atoms with Crippen LogP contribution in [0.25, 0.3) is 72.0 Å². The highest BCUT2D eigenvalue weighted by Gasteiger charge is 2.46. The van der Waals surface area contributed by atoms with Gasteiger partial charge in [-0.15, -0.1) is 0 Å². The zero-order valence-electron chi connectivity index (χ0n) is 38.5. The molecule has 12 aromatic rings. The van der Waals surface area contributed by atoms with Gasteiger partial charge in [0.25, 0.3) is 0 Å². The van der Waals surface area contributed by atoms with E-state index in [2.05, 4.69) is 289 Å². The number of hydrogen-bond donors (Lipinski definition) is 0. The zero-order chi connectivity index (χ0) is 45.7. The summed E-state index contributed by atoms with van der Waals surface area (Å²) in [6.07, 6.45) is 0. The van der Waals surface area contributed by atoms with Crippen LogP contribution in [0.2, 0.25) is 0 Å². The van der Waals surface area contributed by atoms with Crippen LogP contribution in [0, 0.1) is 0 Å². The van der Waals surface area contributed by atoms with Crippen molar-refractivity contribution in [1.82, 2.24) is 4.57 Å². The summed E-state index contributed by atoms with van der Waals surface area (Å²) in [7, 11) is 0. The molecule has 0 unspecified atom stereocenters. The number of nitrogens with zero attached hydrogens (tertiary/aromatic N) is 2. The van der Waals surface area contributed by atoms with Crippen LogP contribution >= 0.6 is 0 Å². The molecule has 0 fully saturated rings. The Morgan fingerprint density at radius 3 is 1.33 bits per heavy atom. The Morgan fingerprint density at radius 2 is 0.714 bits per heavy atom. The lowest BCUT2D eigenvalue weighted by molar-refractivity contribution is 0.768. The molecule has 0 spiro atoms. The molecule has 13 rings (SSSR count). The SMILES string of the molecule is [B].c1ccc(-c2ccc(N(c3ccc(-c4ccc(-c5ccc6c(c5)c5ccccc5n6-c5ccccc5)cc4)cc3)c3ccc4c(c3)C(c3ccccc3)(c3ccccc3)c3ccccc3-4)cc2)cc1. The number of fused-ring (bicyclic) bond motifs is 6. The summed E-state index contributed by atoms with van der Waals surface area (Å²) in [6.45, 7) is 0. The molecule has 3 radical (unpaired) electrons. The van der Waals surface area contributed by atoms with Gasteiger partial charge in [0, 0.05) is 41.9 Å². The van der Waals surface area contributed by atoms with Crippen molar-refractivity contribution >= 4 is 47.3 Å². The molecule has 3 heteroatoms. The summed E-state index contributed by atoms with van der Waals surface area (Å²) in [4.78, 5) is 2.41. The van der Waals surface area contributed by atoms with E-state index in [0.717, 1.165) is 17.1 Å². The number of aromatic nitrogens is 1. The summed E-state index contributed by atoms with van der Waals surface area (Å²) in [6, 6.07) is 102. The van der Waals surface area contributed by atoms with Gasteiger partial charge in [-0.25, -0.2) is 0 Å². The maximum Gasteiger partial charge on any atom is 0.0714 e. The van der Waals surface area contributed by atoms with Gasteiger partial charge in [-0.2, -0.15) is 0 Å². The molecule has 1 aromatic heterocycles. The minimum absolute atomic E-state index is 0. The van der Waals surface area contributed by atoms with Crippen LogP contribution in [0.4, 0.5) is 17.1 Å².